The lowest BCUT2D eigenvalue weighted by Gasteiger charge is -2.40. The van der Waals surface area contributed by atoms with Gasteiger partial charge in [0.15, 0.2) is 5.82 Å². The minimum absolute atomic E-state index is 0.0414. The number of piperidine rings is 1. The van der Waals surface area contributed by atoms with E-state index in [4.69, 9.17) is 4.74 Å². The molecule has 2 fully saturated rings. The second kappa shape index (κ2) is 10.6. The Morgan fingerprint density at radius 3 is 2.42 bits per heavy atom. The van der Waals surface area contributed by atoms with Crippen LogP contribution in [0.3, 0.4) is 0 Å². The van der Waals surface area contributed by atoms with Gasteiger partial charge in [-0.1, -0.05) is 29.8 Å². The van der Waals surface area contributed by atoms with Crippen molar-refractivity contribution in [1.82, 2.24) is 14.9 Å². The van der Waals surface area contributed by atoms with Gasteiger partial charge in [0.05, 0.1) is 5.92 Å². The molecule has 1 aromatic heterocycles. The molecule has 2 aliphatic heterocycles. The highest BCUT2D eigenvalue weighted by Gasteiger charge is 2.33. The van der Waals surface area contributed by atoms with Crippen molar-refractivity contribution in [1.29, 1.82) is 0 Å². The molecule has 2 aromatic carbocycles. The van der Waals surface area contributed by atoms with Crippen molar-refractivity contribution in [3.8, 4) is 11.6 Å². The van der Waals surface area contributed by atoms with Crippen molar-refractivity contribution in [2.45, 2.75) is 33.6 Å². The highest BCUT2D eigenvalue weighted by Crippen LogP contribution is 2.32. The van der Waals surface area contributed by atoms with E-state index in [2.05, 4.69) is 56.7 Å². The van der Waals surface area contributed by atoms with Gasteiger partial charge in [0.1, 0.15) is 5.75 Å². The summed E-state index contributed by atoms with van der Waals surface area (Å²) in [5.41, 5.74) is 5.10. The van der Waals surface area contributed by atoms with Gasteiger partial charge in [-0.05, 0) is 62.9 Å². The van der Waals surface area contributed by atoms with Gasteiger partial charge in [-0.25, -0.2) is 9.97 Å². The lowest BCUT2D eigenvalue weighted by Crippen LogP contribution is -2.52. The number of aryl methyl sites for hydroxylation is 2. The van der Waals surface area contributed by atoms with Gasteiger partial charge in [0.25, 0.3) is 5.88 Å². The Bertz CT molecular complexity index is 1200. The maximum absolute atomic E-state index is 13.5. The molecule has 2 aliphatic rings. The minimum atomic E-state index is -0.0414. The molecular formula is C29H35N5O2. The van der Waals surface area contributed by atoms with Crippen molar-refractivity contribution >= 4 is 17.4 Å². The van der Waals surface area contributed by atoms with Crippen molar-refractivity contribution in [3.63, 3.8) is 0 Å². The first-order valence-corrected chi connectivity index (χ1v) is 12.9. The molecule has 0 aliphatic carbocycles. The molecule has 7 heteroatoms. The quantitative estimate of drug-likeness (QED) is 0.519. The van der Waals surface area contributed by atoms with Crippen LogP contribution >= 0.6 is 0 Å². The zero-order valence-corrected chi connectivity index (χ0v) is 21.5. The summed E-state index contributed by atoms with van der Waals surface area (Å²) in [6, 6.07) is 14.4. The molecule has 36 heavy (non-hydrogen) atoms. The smallest absolute Gasteiger partial charge is 0.263 e. The predicted octanol–water partition coefficient (Wildman–Crippen LogP) is 4.76. The topological polar surface area (TPSA) is 61.8 Å². The van der Waals surface area contributed by atoms with Crippen molar-refractivity contribution < 1.29 is 9.53 Å². The van der Waals surface area contributed by atoms with E-state index in [-0.39, 0.29) is 11.8 Å². The number of benzene rings is 2. The third kappa shape index (κ3) is 5.15. The van der Waals surface area contributed by atoms with E-state index in [0.29, 0.717) is 18.2 Å². The second-order valence-electron chi connectivity index (χ2n) is 9.92. The van der Waals surface area contributed by atoms with Crippen LogP contribution in [0.1, 0.15) is 29.5 Å². The molecule has 0 saturated carbocycles. The Morgan fingerprint density at radius 2 is 1.64 bits per heavy atom. The van der Waals surface area contributed by atoms with E-state index in [1.54, 1.807) is 12.4 Å². The van der Waals surface area contributed by atoms with Crippen molar-refractivity contribution in [2.75, 3.05) is 49.1 Å². The molecule has 3 heterocycles. The van der Waals surface area contributed by atoms with Crippen LogP contribution in [-0.4, -0.2) is 60.0 Å². The van der Waals surface area contributed by atoms with Gasteiger partial charge in [-0.15, -0.1) is 0 Å². The zero-order valence-electron chi connectivity index (χ0n) is 21.5. The zero-order chi connectivity index (χ0) is 25.1. The fourth-order valence-electron chi connectivity index (χ4n) is 5.20. The average Bonchev–Trinajstić information content (AvgIpc) is 2.92. The first-order chi connectivity index (χ1) is 17.5. The summed E-state index contributed by atoms with van der Waals surface area (Å²) in [6.07, 6.45) is 5.19. The van der Waals surface area contributed by atoms with Gasteiger partial charge in [0, 0.05) is 57.3 Å². The van der Waals surface area contributed by atoms with Gasteiger partial charge in [-0.3, -0.25) is 4.79 Å². The minimum Gasteiger partial charge on any atom is -0.436 e. The third-order valence-corrected chi connectivity index (χ3v) is 7.46. The average molecular weight is 486 g/mol. The van der Waals surface area contributed by atoms with Crippen molar-refractivity contribution in [2.24, 2.45) is 5.92 Å². The van der Waals surface area contributed by atoms with Crippen LogP contribution in [0.25, 0.3) is 0 Å². The maximum Gasteiger partial charge on any atom is 0.263 e. The molecule has 1 amide bonds. The van der Waals surface area contributed by atoms with Gasteiger partial charge in [0.2, 0.25) is 5.91 Å². The van der Waals surface area contributed by atoms with E-state index in [1.807, 2.05) is 31.2 Å². The Labute approximate surface area is 213 Å². The standard InChI is InChI=1S/C29H35N5O2/c1-21-9-11-25(12-10-21)36-28-27(30-13-14-31-28)34-15-5-7-24(20-34)29(35)33-18-16-32(17-19-33)26-8-4-6-22(2)23(26)3/h4,6,8-14,24H,5,7,15-20H2,1-3H3. The highest BCUT2D eigenvalue weighted by molar-refractivity contribution is 5.80. The fraction of sp³-hybridized carbons (Fsp3) is 0.414. The van der Waals surface area contributed by atoms with E-state index in [9.17, 15) is 4.79 Å². The number of piperazine rings is 1. The summed E-state index contributed by atoms with van der Waals surface area (Å²) in [4.78, 5) is 29.2. The summed E-state index contributed by atoms with van der Waals surface area (Å²) in [7, 11) is 0. The molecule has 1 atom stereocenters. The molecule has 0 radical (unpaired) electrons. The molecule has 2 saturated heterocycles. The van der Waals surface area contributed by atoms with Crippen LogP contribution in [0.2, 0.25) is 0 Å². The molecule has 5 rings (SSSR count). The van der Waals surface area contributed by atoms with Crippen LogP contribution in [0.5, 0.6) is 11.6 Å². The Kier molecular flexibility index (Phi) is 7.07. The number of amides is 1. The highest BCUT2D eigenvalue weighted by atomic mass is 16.5. The number of aromatic nitrogens is 2. The summed E-state index contributed by atoms with van der Waals surface area (Å²) in [5, 5.41) is 0. The summed E-state index contributed by atoms with van der Waals surface area (Å²) in [5.74, 6) is 2.13. The molecular weight excluding hydrogens is 450 g/mol. The third-order valence-electron chi connectivity index (χ3n) is 7.46. The Balaban J connectivity index is 1.23. The van der Waals surface area contributed by atoms with Gasteiger partial charge in [-0.2, -0.15) is 0 Å². The largest absolute Gasteiger partial charge is 0.436 e. The lowest BCUT2D eigenvalue weighted by molar-refractivity contribution is -0.136. The summed E-state index contributed by atoms with van der Waals surface area (Å²) in [6.45, 7) is 11.1. The number of carbonyl (C=O) groups excluding carboxylic acids is 1. The molecule has 188 valence electrons. The predicted molar refractivity (Wildman–Crippen MR) is 143 cm³/mol. The maximum atomic E-state index is 13.5. The van der Waals surface area contributed by atoms with E-state index in [1.165, 1.54) is 22.4 Å². The molecule has 1 unspecified atom stereocenters. The summed E-state index contributed by atoms with van der Waals surface area (Å²) < 4.78 is 6.09. The van der Waals surface area contributed by atoms with Crippen LogP contribution in [0.15, 0.2) is 54.9 Å². The molecule has 0 N–H and O–H groups in total. The van der Waals surface area contributed by atoms with Crippen LogP contribution < -0.4 is 14.5 Å². The second-order valence-corrected chi connectivity index (χ2v) is 9.92. The molecule has 0 spiro atoms. The number of hydrogen-bond acceptors (Lipinski definition) is 6. The van der Waals surface area contributed by atoms with Crippen LogP contribution in [0.4, 0.5) is 11.5 Å². The summed E-state index contributed by atoms with van der Waals surface area (Å²) >= 11 is 0. The van der Waals surface area contributed by atoms with Crippen LogP contribution in [0, 0.1) is 26.7 Å². The Hall–Kier alpha value is -3.61. The number of hydrogen-bond donors (Lipinski definition) is 0. The van der Waals surface area contributed by atoms with Crippen LogP contribution in [-0.2, 0) is 4.79 Å². The van der Waals surface area contributed by atoms with Gasteiger partial charge < -0.3 is 19.4 Å². The van der Waals surface area contributed by atoms with E-state index < -0.39 is 0 Å². The molecule has 7 nitrogen and oxygen atoms in total. The lowest BCUT2D eigenvalue weighted by atomic mass is 9.96. The van der Waals surface area contributed by atoms with Crippen molar-refractivity contribution in [3.05, 3.63) is 71.5 Å². The normalized spacial score (nSPS) is 18.3. The first-order valence-electron chi connectivity index (χ1n) is 12.9. The molecule has 3 aromatic rings. The first kappa shape index (κ1) is 24.1. The van der Waals surface area contributed by atoms with Gasteiger partial charge >= 0.3 is 0 Å². The van der Waals surface area contributed by atoms with E-state index >= 15 is 0 Å². The number of carbonyl (C=O) groups is 1. The fourth-order valence-corrected chi connectivity index (χ4v) is 5.20. The SMILES string of the molecule is Cc1ccc(Oc2nccnc2N2CCCC(C(=O)N3CCN(c4cccc(C)c4C)CC3)C2)cc1. The monoisotopic (exact) mass is 485 g/mol. The number of nitrogens with zero attached hydrogens (tertiary/aromatic N) is 5. The number of rotatable bonds is 5. The number of anilines is 2. The van der Waals surface area contributed by atoms with E-state index in [0.717, 1.165) is 51.3 Å². The molecule has 0 bridgehead atoms. The number of ether oxygens (including phenoxy) is 1. The Morgan fingerprint density at radius 1 is 0.889 bits per heavy atom.